The van der Waals surface area contributed by atoms with Crippen molar-refractivity contribution >= 4 is 0 Å². The van der Waals surface area contributed by atoms with Crippen LogP contribution in [0.1, 0.15) is 71.1 Å². The molecule has 0 amide bonds. The van der Waals surface area contributed by atoms with E-state index in [0.717, 1.165) is 23.7 Å². The topological polar surface area (TPSA) is 0 Å². The molecule has 0 spiro atoms. The van der Waals surface area contributed by atoms with Gasteiger partial charge in [-0.1, -0.05) is 30.4 Å². The molecule has 0 atom stereocenters. The lowest BCUT2D eigenvalue weighted by molar-refractivity contribution is 0.297. The van der Waals surface area contributed by atoms with Gasteiger partial charge in [-0.15, -0.1) is 6.58 Å². The van der Waals surface area contributed by atoms with Gasteiger partial charge in [0.1, 0.15) is 0 Å². The lowest BCUT2D eigenvalue weighted by atomic mass is 9.79. The van der Waals surface area contributed by atoms with Crippen molar-refractivity contribution in [2.75, 3.05) is 0 Å². The number of hydrogen-bond donors (Lipinski definition) is 0. The molecule has 0 bridgehead atoms. The highest BCUT2D eigenvalue weighted by molar-refractivity contribution is 4.94. The van der Waals surface area contributed by atoms with E-state index in [4.69, 9.17) is 0 Å². The van der Waals surface area contributed by atoms with Crippen molar-refractivity contribution in [1.29, 1.82) is 0 Å². The van der Waals surface area contributed by atoms with Gasteiger partial charge in [0.05, 0.1) is 0 Å². The van der Waals surface area contributed by atoms with Crippen LogP contribution < -0.4 is 0 Å². The molecule has 0 aromatic rings. The van der Waals surface area contributed by atoms with E-state index in [9.17, 15) is 0 Å². The van der Waals surface area contributed by atoms with Crippen LogP contribution in [0, 0.1) is 23.7 Å². The smallest absolute Gasteiger partial charge is 0.0233 e. The van der Waals surface area contributed by atoms with Crippen LogP contribution in [-0.2, 0) is 0 Å². The molecule has 2 rings (SSSR count). The Morgan fingerprint density at radius 1 is 0.810 bits per heavy atom. The van der Waals surface area contributed by atoms with Crippen LogP contribution in [0.4, 0.5) is 0 Å². The molecular formula is C21H34. The first-order valence-corrected chi connectivity index (χ1v) is 9.23. The van der Waals surface area contributed by atoms with Crippen molar-refractivity contribution in [2.45, 2.75) is 71.1 Å². The highest BCUT2D eigenvalue weighted by Crippen LogP contribution is 2.33. The van der Waals surface area contributed by atoms with E-state index >= 15 is 0 Å². The van der Waals surface area contributed by atoms with Gasteiger partial charge < -0.3 is 0 Å². The van der Waals surface area contributed by atoms with Crippen LogP contribution in [-0.4, -0.2) is 0 Å². The molecule has 0 saturated heterocycles. The summed E-state index contributed by atoms with van der Waals surface area (Å²) in [6.07, 6.45) is 25.7. The molecule has 118 valence electrons. The van der Waals surface area contributed by atoms with Gasteiger partial charge in [0.25, 0.3) is 0 Å². The second kappa shape index (κ2) is 9.28. The van der Waals surface area contributed by atoms with E-state index in [1.165, 1.54) is 64.2 Å². The fraction of sp³-hybridized carbons (Fsp3) is 0.714. The zero-order chi connectivity index (χ0) is 14.9. The van der Waals surface area contributed by atoms with Gasteiger partial charge in [0, 0.05) is 0 Å². The van der Waals surface area contributed by atoms with Gasteiger partial charge in [-0.3, -0.25) is 0 Å². The Hall–Kier alpha value is -0.780. The molecule has 0 N–H and O–H groups in total. The lowest BCUT2D eigenvalue weighted by Gasteiger charge is -2.26. The number of hydrogen-bond acceptors (Lipinski definition) is 0. The van der Waals surface area contributed by atoms with Crippen LogP contribution in [0.5, 0.6) is 0 Å². The third-order valence-corrected chi connectivity index (χ3v) is 5.66. The minimum atomic E-state index is 0.794. The van der Waals surface area contributed by atoms with Crippen molar-refractivity contribution in [3.63, 3.8) is 0 Å². The zero-order valence-electron chi connectivity index (χ0n) is 14.0. The van der Waals surface area contributed by atoms with E-state index in [1.807, 2.05) is 0 Å². The second-order valence-corrected chi connectivity index (χ2v) is 7.22. The summed E-state index contributed by atoms with van der Waals surface area (Å²) in [5, 5.41) is 0. The van der Waals surface area contributed by atoms with Crippen LogP contribution in [0.15, 0.2) is 37.0 Å². The summed E-state index contributed by atoms with van der Waals surface area (Å²) in [7, 11) is 0. The van der Waals surface area contributed by atoms with E-state index < -0.39 is 0 Å². The van der Waals surface area contributed by atoms with Crippen LogP contribution in [0.3, 0.4) is 0 Å². The Morgan fingerprint density at radius 2 is 1.38 bits per heavy atom. The third kappa shape index (κ3) is 5.85. The SMILES string of the molecule is C=CC1CCC(C=CCCC2CCC(C=CC)CC2)CC1. The second-order valence-electron chi connectivity index (χ2n) is 7.22. The van der Waals surface area contributed by atoms with E-state index in [1.54, 1.807) is 0 Å². The quantitative estimate of drug-likeness (QED) is 0.477. The van der Waals surface area contributed by atoms with Gasteiger partial charge in [-0.05, 0) is 94.8 Å². The van der Waals surface area contributed by atoms with E-state index in [0.29, 0.717) is 0 Å². The average Bonchev–Trinajstić information content (AvgIpc) is 2.54. The van der Waals surface area contributed by atoms with E-state index in [-0.39, 0.29) is 0 Å². The first-order chi connectivity index (χ1) is 10.3. The molecule has 0 unspecified atom stereocenters. The monoisotopic (exact) mass is 286 g/mol. The van der Waals surface area contributed by atoms with Gasteiger partial charge in [0.15, 0.2) is 0 Å². The first-order valence-electron chi connectivity index (χ1n) is 9.23. The molecular weight excluding hydrogens is 252 g/mol. The Bertz CT molecular complexity index is 333. The largest absolute Gasteiger partial charge is 0.103 e. The summed E-state index contributed by atoms with van der Waals surface area (Å²) in [5.74, 6) is 3.52. The summed E-state index contributed by atoms with van der Waals surface area (Å²) < 4.78 is 0. The maximum Gasteiger partial charge on any atom is -0.0233 e. The lowest BCUT2D eigenvalue weighted by Crippen LogP contribution is -2.13. The van der Waals surface area contributed by atoms with Crippen molar-refractivity contribution in [1.82, 2.24) is 0 Å². The summed E-state index contributed by atoms with van der Waals surface area (Å²) in [6.45, 7) is 6.08. The van der Waals surface area contributed by atoms with Crippen molar-refractivity contribution < 1.29 is 0 Å². The van der Waals surface area contributed by atoms with Gasteiger partial charge in [-0.2, -0.15) is 0 Å². The molecule has 21 heavy (non-hydrogen) atoms. The predicted molar refractivity (Wildman–Crippen MR) is 94.3 cm³/mol. The highest BCUT2D eigenvalue weighted by Gasteiger charge is 2.19. The maximum atomic E-state index is 3.93. The molecule has 2 saturated carbocycles. The molecule has 0 aromatic heterocycles. The normalized spacial score (nSPS) is 34.5. The van der Waals surface area contributed by atoms with Crippen LogP contribution in [0.2, 0.25) is 0 Å². The van der Waals surface area contributed by atoms with Gasteiger partial charge in [0.2, 0.25) is 0 Å². The Morgan fingerprint density at radius 3 is 2.00 bits per heavy atom. The molecule has 2 aliphatic carbocycles. The number of rotatable bonds is 6. The molecule has 0 nitrogen and oxygen atoms in total. The first kappa shape index (κ1) is 16.6. The van der Waals surface area contributed by atoms with Crippen molar-refractivity contribution in [2.24, 2.45) is 23.7 Å². The Kier molecular flexibility index (Phi) is 7.33. The molecule has 0 radical (unpaired) electrons. The molecule has 0 heteroatoms. The summed E-state index contributed by atoms with van der Waals surface area (Å²) in [5.41, 5.74) is 0. The molecule has 2 fully saturated rings. The fourth-order valence-electron chi connectivity index (χ4n) is 4.14. The molecule has 2 aliphatic rings. The van der Waals surface area contributed by atoms with Crippen LogP contribution in [0.25, 0.3) is 0 Å². The third-order valence-electron chi connectivity index (χ3n) is 5.66. The minimum Gasteiger partial charge on any atom is -0.103 e. The Balaban J connectivity index is 1.57. The Labute approximate surface area is 132 Å². The summed E-state index contributed by atoms with van der Waals surface area (Å²) >= 11 is 0. The maximum absolute atomic E-state index is 3.93. The fourth-order valence-corrected chi connectivity index (χ4v) is 4.14. The average molecular weight is 287 g/mol. The van der Waals surface area contributed by atoms with Crippen molar-refractivity contribution in [3.05, 3.63) is 37.0 Å². The van der Waals surface area contributed by atoms with Gasteiger partial charge in [-0.25, -0.2) is 0 Å². The van der Waals surface area contributed by atoms with Crippen LogP contribution >= 0.6 is 0 Å². The van der Waals surface area contributed by atoms with Gasteiger partial charge >= 0.3 is 0 Å². The molecule has 0 heterocycles. The summed E-state index contributed by atoms with van der Waals surface area (Å²) in [6, 6.07) is 0. The predicted octanol–water partition coefficient (Wildman–Crippen LogP) is 6.70. The van der Waals surface area contributed by atoms with E-state index in [2.05, 4.69) is 43.9 Å². The van der Waals surface area contributed by atoms with Crippen molar-refractivity contribution in [3.8, 4) is 0 Å². The molecule has 0 aromatic carbocycles. The minimum absolute atomic E-state index is 0.794. The zero-order valence-corrected chi connectivity index (χ0v) is 14.0. The highest BCUT2D eigenvalue weighted by atomic mass is 14.2. The summed E-state index contributed by atoms with van der Waals surface area (Å²) in [4.78, 5) is 0. The standard InChI is InChI=1S/C21H34/c1-3-7-19-14-16-21(17-15-19)9-6-5-8-20-12-10-18(4-2)11-13-20/h3-5,7-8,18-21H,2,6,9-17H2,1H3. The molecule has 0 aliphatic heterocycles. The number of allylic oxidation sites excluding steroid dienone is 5.